The van der Waals surface area contributed by atoms with Gasteiger partial charge in [-0.3, -0.25) is 4.79 Å². The Kier molecular flexibility index (Phi) is 7.60. The van der Waals surface area contributed by atoms with Crippen LogP contribution in [0.2, 0.25) is 0 Å². The third kappa shape index (κ3) is 6.04. The van der Waals surface area contributed by atoms with E-state index in [-0.39, 0.29) is 11.9 Å². The number of hydrogen-bond acceptors (Lipinski definition) is 5. The Morgan fingerprint density at radius 2 is 1.79 bits per heavy atom. The molecule has 1 aromatic heterocycles. The molecule has 1 aliphatic rings. The Balaban J connectivity index is 1.25. The summed E-state index contributed by atoms with van der Waals surface area (Å²) >= 11 is 0. The molecule has 0 radical (unpaired) electrons. The van der Waals surface area contributed by atoms with Crippen molar-refractivity contribution in [3.05, 3.63) is 78.0 Å². The number of pyridine rings is 1. The molecule has 1 aliphatic heterocycles. The fourth-order valence-corrected chi connectivity index (χ4v) is 3.68. The summed E-state index contributed by atoms with van der Waals surface area (Å²) in [4.78, 5) is 30.3. The van der Waals surface area contributed by atoms with Gasteiger partial charge in [-0.05, 0) is 48.7 Å². The van der Waals surface area contributed by atoms with Gasteiger partial charge in [-0.25, -0.2) is 9.78 Å². The molecule has 0 saturated carbocycles. The van der Waals surface area contributed by atoms with Crippen LogP contribution >= 0.6 is 0 Å². The van der Waals surface area contributed by atoms with E-state index in [2.05, 4.69) is 15.6 Å². The largest absolute Gasteiger partial charge is 0.490 e. The molecule has 4 rings (SSSR count). The van der Waals surface area contributed by atoms with Gasteiger partial charge in [0.25, 0.3) is 0 Å². The summed E-state index contributed by atoms with van der Waals surface area (Å²) in [5.74, 6) is 1.84. The minimum atomic E-state index is -0.284. The van der Waals surface area contributed by atoms with Crippen LogP contribution < -0.4 is 25.0 Å². The fourth-order valence-electron chi connectivity index (χ4n) is 3.68. The lowest BCUT2D eigenvalue weighted by molar-refractivity contribution is -0.117. The number of nitrogens with one attached hydrogen (secondary N) is 2. The second-order valence-corrected chi connectivity index (χ2v) is 7.84. The molecule has 0 bridgehead atoms. The Morgan fingerprint density at radius 3 is 2.50 bits per heavy atom. The first-order valence-corrected chi connectivity index (χ1v) is 11.4. The van der Waals surface area contributed by atoms with E-state index in [4.69, 9.17) is 9.47 Å². The van der Waals surface area contributed by atoms with Gasteiger partial charge in [0.15, 0.2) is 11.5 Å². The van der Waals surface area contributed by atoms with Gasteiger partial charge in [0.1, 0.15) is 0 Å². The van der Waals surface area contributed by atoms with Crippen molar-refractivity contribution in [2.24, 2.45) is 0 Å². The minimum absolute atomic E-state index is 0.145. The molecule has 1 saturated heterocycles. The average Bonchev–Trinajstić information content (AvgIpc) is 3.30. The van der Waals surface area contributed by atoms with E-state index in [0.717, 1.165) is 29.8 Å². The molecule has 2 aromatic carbocycles. The van der Waals surface area contributed by atoms with Crippen molar-refractivity contribution in [1.82, 2.24) is 15.6 Å². The molecule has 0 atom stereocenters. The number of urea groups is 1. The van der Waals surface area contributed by atoms with E-state index in [1.54, 1.807) is 17.2 Å². The molecule has 2 N–H and O–H groups in total. The highest BCUT2D eigenvalue weighted by molar-refractivity contribution is 5.95. The van der Waals surface area contributed by atoms with Crippen molar-refractivity contribution in [2.45, 2.75) is 32.9 Å². The van der Waals surface area contributed by atoms with Crippen LogP contribution in [0.25, 0.3) is 0 Å². The zero-order valence-corrected chi connectivity index (χ0v) is 19.1. The topological polar surface area (TPSA) is 92.8 Å². The highest BCUT2D eigenvalue weighted by Gasteiger charge is 2.21. The first kappa shape index (κ1) is 23.1. The van der Waals surface area contributed by atoms with E-state index in [1.807, 2.05) is 61.5 Å². The fraction of sp³-hybridized carbons (Fsp3) is 0.269. The lowest BCUT2D eigenvalue weighted by Crippen LogP contribution is -2.34. The summed E-state index contributed by atoms with van der Waals surface area (Å²) in [6.07, 6.45) is 3.13. The second kappa shape index (κ2) is 11.2. The number of rotatable bonds is 9. The number of carbonyl (C=O) groups is 2. The van der Waals surface area contributed by atoms with E-state index in [1.165, 1.54) is 0 Å². The van der Waals surface area contributed by atoms with Crippen LogP contribution in [0.1, 0.15) is 30.9 Å². The van der Waals surface area contributed by atoms with E-state index in [0.29, 0.717) is 43.5 Å². The Morgan fingerprint density at radius 1 is 1.00 bits per heavy atom. The predicted octanol–water partition coefficient (Wildman–Crippen LogP) is 4.40. The van der Waals surface area contributed by atoms with Crippen LogP contribution in [0.15, 0.2) is 66.9 Å². The van der Waals surface area contributed by atoms with Crippen molar-refractivity contribution in [3.8, 4) is 17.4 Å². The van der Waals surface area contributed by atoms with Crippen molar-refractivity contribution in [3.63, 3.8) is 0 Å². The standard InChI is InChI=1S/C26H28N4O4/c1-2-33-22-9-3-4-10-23(22)34-24-13-12-20(17-27-24)18-29-26(32)28-16-19-7-5-8-21(15-19)30-14-6-11-25(30)31/h3-5,7-10,12-13,15,17H,2,6,11,14,16,18H2,1H3,(H2,28,29,32). The summed E-state index contributed by atoms with van der Waals surface area (Å²) in [7, 11) is 0. The smallest absolute Gasteiger partial charge is 0.315 e. The Hall–Kier alpha value is -4.07. The second-order valence-electron chi connectivity index (χ2n) is 7.84. The zero-order chi connectivity index (χ0) is 23.8. The monoisotopic (exact) mass is 460 g/mol. The first-order valence-electron chi connectivity index (χ1n) is 11.4. The third-order valence-corrected chi connectivity index (χ3v) is 5.36. The maximum Gasteiger partial charge on any atom is 0.315 e. The van der Waals surface area contributed by atoms with Gasteiger partial charge < -0.3 is 25.0 Å². The highest BCUT2D eigenvalue weighted by atomic mass is 16.5. The molecule has 8 heteroatoms. The van der Waals surface area contributed by atoms with Gasteiger partial charge in [-0.2, -0.15) is 0 Å². The molecule has 34 heavy (non-hydrogen) atoms. The van der Waals surface area contributed by atoms with Gasteiger partial charge in [-0.1, -0.05) is 30.3 Å². The SMILES string of the molecule is CCOc1ccccc1Oc1ccc(CNC(=O)NCc2cccc(N3CCCC3=O)c2)cn1. The number of amides is 3. The number of ether oxygens (including phenoxy) is 2. The lowest BCUT2D eigenvalue weighted by Gasteiger charge is -2.16. The normalized spacial score (nSPS) is 13.0. The van der Waals surface area contributed by atoms with Crippen LogP contribution in [0.5, 0.6) is 17.4 Å². The molecule has 0 spiro atoms. The average molecular weight is 461 g/mol. The molecule has 0 unspecified atom stereocenters. The van der Waals surface area contributed by atoms with Gasteiger partial charge in [0.05, 0.1) is 6.61 Å². The van der Waals surface area contributed by atoms with Crippen LogP contribution in [0.4, 0.5) is 10.5 Å². The number of anilines is 1. The summed E-state index contributed by atoms with van der Waals surface area (Å²) in [6.45, 7) is 3.90. The van der Waals surface area contributed by atoms with Gasteiger partial charge in [-0.15, -0.1) is 0 Å². The quantitative estimate of drug-likeness (QED) is 0.494. The first-order chi connectivity index (χ1) is 16.6. The maximum atomic E-state index is 12.2. The molecule has 1 fully saturated rings. The Labute approximate surface area is 198 Å². The van der Waals surface area contributed by atoms with Gasteiger partial charge in [0, 0.05) is 44.0 Å². The summed E-state index contributed by atoms with van der Waals surface area (Å²) in [5.41, 5.74) is 2.65. The molecular formula is C26H28N4O4. The minimum Gasteiger partial charge on any atom is -0.490 e. The van der Waals surface area contributed by atoms with Crippen LogP contribution in [-0.2, 0) is 17.9 Å². The number of carbonyl (C=O) groups excluding carboxylic acids is 2. The molecule has 0 aliphatic carbocycles. The number of hydrogen-bond donors (Lipinski definition) is 2. The summed E-state index contributed by atoms with van der Waals surface area (Å²) in [6, 6.07) is 18.4. The highest BCUT2D eigenvalue weighted by Crippen LogP contribution is 2.30. The zero-order valence-electron chi connectivity index (χ0n) is 19.1. The molecule has 3 amide bonds. The predicted molar refractivity (Wildman–Crippen MR) is 129 cm³/mol. The number of aromatic nitrogens is 1. The molecule has 8 nitrogen and oxygen atoms in total. The van der Waals surface area contributed by atoms with Gasteiger partial charge >= 0.3 is 6.03 Å². The molecule has 176 valence electrons. The van der Waals surface area contributed by atoms with Crippen LogP contribution in [0.3, 0.4) is 0 Å². The van der Waals surface area contributed by atoms with E-state index in [9.17, 15) is 9.59 Å². The van der Waals surface area contributed by atoms with Crippen molar-refractivity contribution < 1.29 is 19.1 Å². The van der Waals surface area contributed by atoms with Crippen LogP contribution in [0, 0.1) is 0 Å². The number of nitrogens with zero attached hydrogens (tertiary/aromatic N) is 2. The van der Waals surface area contributed by atoms with E-state index >= 15 is 0 Å². The Bertz CT molecular complexity index is 1130. The van der Waals surface area contributed by atoms with Crippen molar-refractivity contribution in [1.29, 1.82) is 0 Å². The third-order valence-electron chi connectivity index (χ3n) is 5.36. The van der Waals surface area contributed by atoms with Crippen molar-refractivity contribution in [2.75, 3.05) is 18.1 Å². The van der Waals surface area contributed by atoms with E-state index < -0.39 is 0 Å². The lowest BCUT2D eigenvalue weighted by atomic mass is 10.2. The maximum absolute atomic E-state index is 12.2. The van der Waals surface area contributed by atoms with Gasteiger partial charge in [0.2, 0.25) is 11.8 Å². The van der Waals surface area contributed by atoms with Crippen molar-refractivity contribution >= 4 is 17.6 Å². The number of para-hydroxylation sites is 2. The molecule has 3 aromatic rings. The molecular weight excluding hydrogens is 432 g/mol. The number of benzene rings is 2. The summed E-state index contributed by atoms with van der Waals surface area (Å²) < 4.78 is 11.4. The summed E-state index contributed by atoms with van der Waals surface area (Å²) in [5, 5.41) is 5.67. The van der Waals surface area contributed by atoms with Crippen LogP contribution in [-0.4, -0.2) is 30.1 Å². The molecule has 2 heterocycles.